The van der Waals surface area contributed by atoms with Gasteiger partial charge in [-0.1, -0.05) is 44.5 Å². The van der Waals surface area contributed by atoms with E-state index in [1.54, 1.807) is 7.11 Å². The van der Waals surface area contributed by atoms with E-state index in [4.69, 9.17) is 9.47 Å². The van der Waals surface area contributed by atoms with Crippen LogP contribution in [0, 0.1) is 0 Å². The van der Waals surface area contributed by atoms with Gasteiger partial charge in [0.2, 0.25) is 0 Å². The predicted octanol–water partition coefficient (Wildman–Crippen LogP) is 3.71. The Morgan fingerprint density at radius 2 is 1.88 bits per heavy atom. The first-order valence-corrected chi connectivity index (χ1v) is 5.93. The van der Waals surface area contributed by atoms with Crippen molar-refractivity contribution in [3.05, 3.63) is 35.4 Å². The highest BCUT2D eigenvalue weighted by Gasteiger charge is 2.03. The second kappa shape index (κ2) is 7.42. The summed E-state index contributed by atoms with van der Waals surface area (Å²) in [6.45, 7) is 5.48. The second-order valence-corrected chi connectivity index (χ2v) is 4.19. The Hall–Kier alpha value is -0.860. The molecule has 0 aliphatic rings. The van der Waals surface area contributed by atoms with E-state index in [0.29, 0.717) is 19.3 Å². The van der Waals surface area contributed by atoms with Gasteiger partial charge in [-0.25, -0.2) is 0 Å². The smallest absolute Gasteiger partial charge is 0.146 e. The summed E-state index contributed by atoms with van der Waals surface area (Å²) >= 11 is 0. The lowest BCUT2D eigenvalue weighted by molar-refractivity contribution is -0.0390. The van der Waals surface area contributed by atoms with Crippen molar-refractivity contribution in [1.29, 1.82) is 0 Å². The Balaban J connectivity index is 2.47. The molecule has 0 saturated carbocycles. The average Bonchev–Trinajstić information content (AvgIpc) is 2.30. The van der Waals surface area contributed by atoms with Gasteiger partial charge in [0.25, 0.3) is 0 Å². The molecule has 0 aliphatic carbocycles. The summed E-state index contributed by atoms with van der Waals surface area (Å²) < 4.78 is 10.1. The minimum Gasteiger partial charge on any atom is -0.359 e. The molecule has 0 heterocycles. The van der Waals surface area contributed by atoms with Gasteiger partial charge in [0.1, 0.15) is 6.79 Å². The molecule has 0 aliphatic heterocycles. The minimum atomic E-state index is 0.355. The molecule has 1 atom stereocenters. The Morgan fingerprint density at radius 3 is 2.44 bits per heavy atom. The van der Waals surface area contributed by atoms with E-state index < -0.39 is 0 Å². The van der Waals surface area contributed by atoms with Gasteiger partial charge in [0.15, 0.2) is 0 Å². The summed E-state index contributed by atoms with van der Waals surface area (Å²) in [7, 11) is 1.63. The molecule has 1 rings (SSSR count). The van der Waals surface area contributed by atoms with E-state index in [9.17, 15) is 0 Å². The lowest BCUT2D eigenvalue weighted by Gasteiger charge is -2.11. The zero-order chi connectivity index (χ0) is 11.8. The molecule has 90 valence electrons. The van der Waals surface area contributed by atoms with Crippen LogP contribution in [-0.2, 0) is 16.1 Å². The molecule has 1 aromatic rings. The first-order valence-electron chi connectivity index (χ1n) is 5.93. The SMILES string of the molecule is CCCC(C)c1ccc(COCOC)cc1. The number of rotatable bonds is 7. The fourth-order valence-corrected chi connectivity index (χ4v) is 1.78. The molecule has 0 radical (unpaired) electrons. The topological polar surface area (TPSA) is 18.5 Å². The van der Waals surface area contributed by atoms with Crippen molar-refractivity contribution in [2.45, 2.75) is 39.2 Å². The van der Waals surface area contributed by atoms with E-state index in [-0.39, 0.29) is 0 Å². The zero-order valence-electron chi connectivity index (χ0n) is 10.5. The van der Waals surface area contributed by atoms with E-state index in [2.05, 4.69) is 38.1 Å². The third-order valence-corrected chi connectivity index (χ3v) is 2.74. The van der Waals surface area contributed by atoms with Crippen molar-refractivity contribution in [3.63, 3.8) is 0 Å². The minimum absolute atomic E-state index is 0.355. The maximum atomic E-state index is 5.29. The molecule has 0 fully saturated rings. The third-order valence-electron chi connectivity index (χ3n) is 2.74. The van der Waals surface area contributed by atoms with Crippen LogP contribution >= 0.6 is 0 Å². The van der Waals surface area contributed by atoms with Gasteiger partial charge in [0, 0.05) is 7.11 Å². The molecule has 0 bridgehead atoms. The fourth-order valence-electron chi connectivity index (χ4n) is 1.78. The number of hydrogen-bond donors (Lipinski definition) is 0. The van der Waals surface area contributed by atoms with Crippen LogP contribution in [0.25, 0.3) is 0 Å². The monoisotopic (exact) mass is 222 g/mol. The molecule has 16 heavy (non-hydrogen) atoms. The highest BCUT2D eigenvalue weighted by molar-refractivity contribution is 5.24. The van der Waals surface area contributed by atoms with Crippen molar-refractivity contribution >= 4 is 0 Å². The molecule has 0 saturated heterocycles. The molecular formula is C14H22O2. The summed E-state index contributed by atoms with van der Waals surface area (Å²) in [5, 5.41) is 0. The number of hydrogen-bond acceptors (Lipinski definition) is 2. The fraction of sp³-hybridized carbons (Fsp3) is 0.571. The molecule has 1 aromatic carbocycles. The van der Waals surface area contributed by atoms with Gasteiger partial charge in [-0.15, -0.1) is 0 Å². The lowest BCUT2D eigenvalue weighted by atomic mass is 9.96. The van der Waals surface area contributed by atoms with Crippen LogP contribution < -0.4 is 0 Å². The van der Waals surface area contributed by atoms with Crippen molar-refractivity contribution < 1.29 is 9.47 Å². The largest absolute Gasteiger partial charge is 0.359 e. The summed E-state index contributed by atoms with van der Waals surface area (Å²) in [5.74, 6) is 0.652. The van der Waals surface area contributed by atoms with E-state index in [0.717, 1.165) is 0 Å². The Bertz CT molecular complexity index is 279. The van der Waals surface area contributed by atoms with Crippen molar-refractivity contribution in [2.24, 2.45) is 0 Å². The maximum Gasteiger partial charge on any atom is 0.146 e. The van der Waals surface area contributed by atoms with Crippen LogP contribution in [-0.4, -0.2) is 13.9 Å². The third kappa shape index (κ3) is 4.33. The Labute approximate surface area is 98.6 Å². The van der Waals surface area contributed by atoms with Gasteiger partial charge in [-0.3, -0.25) is 0 Å². The predicted molar refractivity (Wildman–Crippen MR) is 66.4 cm³/mol. The van der Waals surface area contributed by atoms with Crippen LogP contribution in [0.4, 0.5) is 0 Å². The van der Waals surface area contributed by atoms with Crippen LogP contribution in [0.1, 0.15) is 43.7 Å². The molecular weight excluding hydrogens is 200 g/mol. The average molecular weight is 222 g/mol. The van der Waals surface area contributed by atoms with Gasteiger partial charge in [-0.05, 0) is 23.5 Å². The summed E-state index contributed by atoms with van der Waals surface area (Å²) in [5.41, 5.74) is 2.61. The molecule has 0 amide bonds. The van der Waals surface area contributed by atoms with Crippen molar-refractivity contribution in [3.8, 4) is 0 Å². The van der Waals surface area contributed by atoms with Crippen LogP contribution in [0.2, 0.25) is 0 Å². The Morgan fingerprint density at radius 1 is 1.19 bits per heavy atom. The maximum absolute atomic E-state index is 5.29. The second-order valence-electron chi connectivity index (χ2n) is 4.19. The van der Waals surface area contributed by atoms with Gasteiger partial charge in [0.05, 0.1) is 6.61 Å². The molecule has 1 unspecified atom stereocenters. The molecule has 2 nitrogen and oxygen atoms in total. The first kappa shape index (κ1) is 13.2. The van der Waals surface area contributed by atoms with E-state index >= 15 is 0 Å². The first-order chi connectivity index (χ1) is 7.77. The molecule has 0 spiro atoms. The van der Waals surface area contributed by atoms with Crippen LogP contribution in [0.5, 0.6) is 0 Å². The quantitative estimate of drug-likeness (QED) is 0.517. The van der Waals surface area contributed by atoms with E-state index in [1.807, 2.05) is 0 Å². The molecule has 2 heteroatoms. The van der Waals surface area contributed by atoms with Crippen molar-refractivity contribution in [1.82, 2.24) is 0 Å². The highest BCUT2D eigenvalue weighted by Crippen LogP contribution is 2.20. The van der Waals surface area contributed by atoms with Gasteiger partial charge in [-0.2, -0.15) is 0 Å². The summed E-state index contributed by atoms with van der Waals surface area (Å²) in [6, 6.07) is 8.67. The van der Waals surface area contributed by atoms with Gasteiger partial charge < -0.3 is 9.47 Å². The highest BCUT2D eigenvalue weighted by atomic mass is 16.7. The molecule has 0 N–H and O–H groups in total. The van der Waals surface area contributed by atoms with Crippen LogP contribution in [0.15, 0.2) is 24.3 Å². The number of methoxy groups -OCH3 is 1. The van der Waals surface area contributed by atoms with E-state index in [1.165, 1.54) is 24.0 Å². The zero-order valence-corrected chi connectivity index (χ0v) is 10.5. The summed E-state index contributed by atoms with van der Waals surface area (Å²) in [4.78, 5) is 0. The molecule has 0 aromatic heterocycles. The summed E-state index contributed by atoms with van der Waals surface area (Å²) in [6.07, 6.45) is 2.49. The lowest BCUT2D eigenvalue weighted by Crippen LogP contribution is -1.98. The van der Waals surface area contributed by atoms with Gasteiger partial charge >= 0.3 is 0 Å². The Kier molecular flexibility index (Phi) is 6.12. The number of benzene rings is 1. The normalized spacial score (nSPS) is 12.7. The standard InChI is InChI=1S/C14H22O2/c1-4-5-12(2)14-8-6-13(7-9-14)10-16-11-15-3/h6-9,12H,4-5,10-11H2,1-3H3. The van der Waals surface area contributed by atoms with Crippen molar-refractivity contribution in [2.75, 3.05) is 13.9 Å². The van der Waals surface area contributed by atoms with Crippen LogP contribution in [0.3, 0.4) is 0 Å². The number of ether oxygens (including phenoxy) is 2.